The molecule has 1 aromatic carbocycles. The van der Waals surface area contributed by atoms with Crippen molar-refractivity contribution in [1.82, 2.24) is 5.32 Å². The fraction of sp³-hybridized carbons (Fsp3) is 0.143. The van der Waals surface area contributed by atoms with Crippen LogP contribution in [0.4, 0.5) is 14.5 Å². The second-order valence-electron chi connectivity index (χ2n) is 4.39. The van der Waals surface area contributed by atoms with E-state index in [1.54, 1.807) is 16.8 Å². The molecule has 116 valence electrons. The normalized spacial score (nSPS) is 11.8. The van der Waals surface area contributed by atoms with E-state index < -0.39 is 29.6 Å². The Kier molecular flexibility index (Phi) is 5.18. The van der Waals surface area contributed by atoms with E-state index >= 15 is 0 Å². The van der Waals surface area contributed by atoms with Crippen LogP contribution in [0.3, 0.4) is 0 Å². The number of halogens is 2. The van der Waals surface area contributed by atoms with Gasteiger partial charge in [0, 0.05) is 18.3 Å². The summed E-state index contributed by atoms with van der Waals surface area (Å²) in [6.07, 6.45) is -0.936. The molecular weight excluding hydrogens is 314 g/mol. The van der Waals surface area contributed by atoms with Gasteiger partial charge in [0.2, 0.25) is 0 Å². The van der Waals surface area contributed by atoms with E-state index in [2.05, 4.69) is 10.6 Å². The molecule has 0 saturated heterocycles. The molecule has 1 heterocycles. The third kappa shape index (κ3) is 4.34. The maximum absolute atomic E-state index is 13.0. The van der Waals surface area contributed by atoms with E-state index in [-0.39, 0.29) is 12.2 Å². The van der Waals surface area contributed by atoms with Crippen molar-refractivity contribution in [2.24, 2.45) is 0 Å². The minimum atomic E-state index is -1.08. The van der Waals surface area contributed by atoms with Gasteiger partial charge in [0.05, 0.1) is 6.10 Å². The fourth-order valence-corrected chi connectivity index (χ4v) is 2.37. The summed E-state index contributed by atoms with van der Waals surface area (Å²) in [6, 6.07) is 4.10. The summed E-state index contributed by atoms with van der Waals surface area (Å²) in [5, 5.41) is 17.6. The van der Waals surface area contributed by atoms with Crippen molar-refractivity contribution in [2.45, 2.75) is 6.10 Å². The number of carbonyl (C=O) groups excluding carboxylic acids is 2. The number of anilines is 1. The molecule has 0 spiro atoms. The first-order valence-corrected chi connectivity index (χ1v) is 7.15. The number of carbonyl (C=O) groups is 2. The Morgan fingerprint density at radius 2 is 1.86 bits per heavy atom. The third-order valence-electron chi connectivity index (χ3n) is 2.71. The first-order chi connectivity index (χ1) is 10.5. The summed E-state index contributed by atoms with van der Waals surface area (Å²) < 4.78 is 25.9. The molecule has 3 N–H and O–H groups in total. The average molecular weight is 326 g/mol. The quantitative estimate of drug-likeness (QED) is 0.750. The summed E-state index contributed by atoms with van der Waals surface area (Å²) in [6.45, 7) is -0.152. The number of hydrogen-bond acceptors (Lipinski definition) is 4. The van der Waals surface area contributed by atoms with Crippen molar-refractivity contribution in [3.63, 3.8) is 0 Å². The highest BCUT2D eigenvalue weighted by molar-refractivity contribution is 7.07. The van der Waals surface area contributed by atoms with Gasteiger partial charge in [0.15, 0.2) is 0 Å². The summed E-state index contributed by atoms with van der Waals surface area (Å²) in [5.41, 5.74) is 0.453. The minimum absolute atomic E-state index is 0.152. The van der Waals surface area contributed by atoms with Crippen molar-refractivity contribution in [1.29, 1.82) is 0 Å². The van der Waals surface area contributed by atoms with E-state index in [1.165, 1.54) is 11.3 Å². The van der Waals surface area contributed by atoms with E-state index in [0.29, 0.717) is 11.6 Å². The van der Waals surface area contributed by atoms with Crippen molar-refractivity contribution in [2.75, 3.05) is 11.9 Å². The molecule has 1 aromatic heterocycles. The lowest BCUT2D eigenvalue weighted by Gasteiger charge is -2.10. The van der Waals surface area contributed by atoms with Gasteiger partial charge in [-0.2, -0.15) is 11.3 Å². The predicted octanol–water partition coefficient (Wildman–Crippen LogP) is 1.81. The Balaban J connectivity index is 1.88. The zero-order valence-corrected chi connectivity index (χ0v) is 12.0. The molecule has 0 aliphatic rings. The predicted molar refractivity (Wildman–Crippen MR) is 77.3 cm³/mol. The van der Waals surface area contributed by atoms with Gasteiger partial charge < -0.3 is 15.7 Å². The first-order valence-electron chi connectivity index (χ1n) is 6.21. The molecule has 1 atom stereocenters. The molecule has 0 aliphatic carbocycles. The highest BCUT2D eigenvalue weighted by atomic mass is 32.1. The van der Waals surface area contributed by atoms with Gasteiger partial charge in [0.25, 0.3) is 0 Å². The maximum atomic E-state index is 13.0. The van der Waals surface area contributed by atoms with E-state index in [0.717, 1.165) is 12.1 Å². The molecule has 2 amide bonds. The van der Waals surface area contributed by atoms with Crippen LogP contribution in [0.2, 0.25) is 0 Å². The molecule has 0 radical (unpaired) electrons. The number of benzene rings is 1. The van der Waals surface area contributed by atoms with Crippen LogP contribution in [-0.2, 0) is 9.59 Å². The van der Waals surface area contributed by atoms with E-state index in [4.69, 9.17) is 0 Å². The van der Waals surface area contributed by atoms with Crippen molar-refractivity contribution >= 4 is 28.8 Å². The standard InChI is InChI=1S/C14H12F2N2O3S/c15-9-3-10(16)5-11(4-9)18-14(21)13(20)17-6-12(19)8-1-2-22-7-8/h1-5,7,12,19H,6H2,(H,17,20)(H,18,21). The lowest BCUT2D eigenvalue weighted by Crippen LogP contribution is -2.37. The first kappa shape index (κ1) is 16.1. The van der Waals surface area contributed by atoms with Gasteiger partial charge in [0.1, 0.15) is 11.6 Å². The second-order valence-corrected chi connectivity index (χ2v) is 5.17. The largest absolute Gasteiger partial charge is 0.387 e. The molecule has 0 saturated carbocycles. The lowest BCUT2D eigenvalue weighted by atomic mass is 10.2. The Hall–Kier alpha value is -2.32. The van der Waals surface area contributed by atoms with Gasteiger partial charge >= 0.3 is 11.8 Å². The van der Waals surface area contributed by atoms with Gasteiger partial charge in [-0.05, 0) is 34.5 Å². The maximum Gasteiger partial charge on any atom is 0.313 e. The van der Waals surface area contributed by atoms with Crippen molar-refractivity contribution in [3.8, 4) is 0 Å². The number of rotatable bonds is 4. The molecule has 22 heavy (non-hydrogen) atoms. The van der Waals surface area contributed by atoms with Crippen LogP contribution < -0.4 is 10.6 Å². The molecule has 8 heteroatoms. The Morgan fingerprint density at radius 3 is 2.45 bits per heavy atom. The van der Waals surface area contributed by atoms with E-state index in [9.17, 15) is 23.5 Å². The molecule has 0 aliphatic heterocycles. The SMILES string of the molecule is O=C(NCC(O)c1ccsc1)C(=O)Nc1cc(F)cc(F)c1. The Bertz CT molecular complexity index is 656. The highest BCUT2D eigenvalue weighted by Gasteiger charge is 2.16. The Morgan fingerprint density at radius 1 is 1.18 bits per heavy atom. The number of nitrogens with one attached hydrogen (secondary N) is 2. The molecule has 5 nitrogen and oxygen atoms in total. The average Bonchev–Trinajstić information content (AvgIpc) is 2.97. The van der Waals surface area contributed by atoms with Gasteiger partial charge in [-0.15, -0.1) is 0 Å². The zero-order valence-electron chi connectivity index (χ0n) is 11.2. The van der Waals surface area contributed by atoms with Crippen LogP contribution in [0.25, 0.3) is 0 Å². The minimum Gasteiger partial charge on any atom is -0.387 e. The fourth-order valence-electron chi connectivity index (χ4n) is 1.67. The summed E-state index contributed by atoms with van der Waals surface area (Å²) in [4.78, 5) is 23.2. The summed E-state index contributed by atoms with van der Waals surface area (Å²) >= 11 is 1.39. The highest BCUT2D eigenvalue weighted by Crippen LogP contribution is 2.15. The molecule has 2 aromatic rings. The van der Waals surface area contributed by atoms with Crippen LogP contribution in [0.1, 0.15) is 11.7 Å². The number of hydrogen-bond donors (Lipinski definition) is 3. The third-order valence-corrected chi connectivity index (χ3v) is 3.41. The lowest BCUT2D eigenvalue weighted by molar-refractivity contribution is -0.136. The summed E-state index contributed by atoms with van der Waals surface area (Å²) in [5.74, 6) is -3.84. The molecule has 2 rings (SSSR count). The van der Waals surface area contributed by atoms with Crippen molar-refractivity contribution in [3.05, 3.63) is 52.2 Å². The number of aliphatic hydroxyl groups excluding tert-OH is 1. The molecular formula is C14H12F2N2O3S. The van der Waals surface area contributed by atoms with Gasteiger partial charge in [-0.3, -0.25) is 9.59 Å². The zero-order chi connectivity index (χ0) is 16.1. The number of amides is 2. The van der Waals surface area contributed by atoms with E-state index in [1.807, 2.05) is 0 Å². The summed E-state index contributed by atoms with van der Waals surface area (Å²) in [7, 11) is 0. The molecule has 0 bridgehead atoms. The van der Waals surface area contributed by atoms with Crippen LogP contribution in [-0.4, -0.2) is 23.5 Å². The topological polar surface area (TPSA) is 78.4 Å². The van der Waals surface area contributed by atoms with Gasteiger partial charge in [-0.25, -0.2) is 8.78 Å². The monoisotopic (exact) mass is 326 g/mol. The second kappa shape index (κ2) is 7.10. The van der Waals surface area contributed by atoms with Crippen LogP contribution in [0, 0.1) is 11.6 Å². The van der Waals surface area contributed by atoms with Crippen LogP contribution in [0.5, 0.6) is 0 Å². The smallest absolute Gasteiger partial charge is 0.313 e. The Labute approximate surface area is 128 Å². The van der Waals surface area contributed by atoms with Crippen molar-refractivity contribution < 1.29 is 23.5 Å². The number of thiophene rings is 1. The van der Waals surface area contributed by atoms with Crippen LogP contribution >= 0.6 is 11.3 Å². The molecule has 0 fully saturated rings. The molecule has 1 unspecified atom stereocenters. The van der Waals surface area contributed by atoms with Gasteiger partial charge in [-0.1, -0.05) is 0 Å². The number of aliphatic hydroxyl groups is 1. The van der Waals surface area contributed by atoms with Crippen LogP contribution in [0.15, 0.2) is 35.0 Å².